The first-order valence-electron chi connectivity index (χ1n) is 7.08. The molecule has 0 saturated carbocycles. The summed E-state index contributed by atoms with van der Waals surface area (Å²) in [5, 5.41) is 10.4. The van der Waals surface area contributed by atoms with Gasteiger partial charge in [0.05, 0.1) is 18.0 Å². The molecule has 0 spiro atoms. The van der Waals surface area contributed by atoms with E-state index in [2.05, 4.69) is 44.2 Å². The largest absolute Gasteiger partial charge is 0.389 e. The molecule has 0 amide bonds. The number of methoxy groups -OCH3 is 1. The van der Waals surface area contributed by atoms with Gasteiger partial charge in [-0.1, -0.05) is 48.5 Å². The molecule has 0 aromatic heterocycles. The zero-order valence-corrected chi connectivity index (χ0v) is 13.6. The summed E-state index contributed by atoms with van der Waals surface area (Å²) in [6.07, 6.45) is -0.540. The summed E-state index contributed by atoms with van der Waals surface area (Å²) >= 11 is 1.71. The Bertz CT molecular complexity index is 548. The molecule has 21 heavy (non-hydrogen) atoms. The number of aryl methyl sites for hydroxylation is 2. The molecule has 0 aliphatic heterocycles. The van der Waals surface area contributed by atoms with Gasteiger partial charge in [-0.25, -0.2) is 0 Å². The van der Waals surface area contributed by atoms with Crippen molar-refractivity contribution in [3.05, 3.63) is 65.2 Å². The first-order chi connectivity index (χ1) is 10.1. The maximum Gasteiger partial charge on any atom is 0.0936 e. The van der Waals surface area contributed by atoms with Crippen LogP contribution >= 0.6 is 11.8 Å². The Morgan fingerprint density at radius 1 is 1.00 bits per heavy atom. The molecular weight excluding hydrogens is 280 g/mol. The predicted molar refractivity (Wildman–Crippen MR) is 88.8 cm³/mol. The first kappa shape index (κ1) is 16.1. The third-order valence-corrected chi connectivity index (χ3v) is 5.19. The average molecular weight is 302 g/mol. The van der Waals surface area contributed by atoms with Crippen LogP contribution in [0.2, 0.25) is 0 Å². The quantitative estimate of drug-likeness (QED) is 0.813. The summed E-state index contributed by atoms with van der Waals surface area (Å²) < 4.78 is 5.14. The third kappa shape index (κ3) is 4.10. The molecule has 0 bridgehead atoms. The molecule has 112 valence electrons. The molecule has 0 heterocycles. The lowest BCUT2D eigenvalue weighted by atomic mass is 10.1. The Morgan fingerprint density at radius 3 is 2.19 bits per heavy atom. The highest BCUT2D eigenvalue weighted by Crippen LogP contribution is 2.40. The van der Waals surface area contributed by atoms with E-state index in [4.69, 9.17) is 4.74 Å². The molecule has 0 aliphatic rings. The van der Waals surface area contributed by atoms with Gasteiger partial charge in [0.25, 0.3) is 0 Å². The second-order valence-corrected chi connectivity index (χ2v) is 6.34. The highest BCUT2D eigenvalue weighted by molar-refractivity contribution is 7.99. The van der Waals surface area contributed by atoms with Crippen molar-refractivity contribution in [1.82, 2.24) is 0 Å². The summed E-state index contributed by atoms with van der Waals surface area (Å²) in [5.41, 5.74) is 3.60. The summed E-state index contributed by atoms with van der Waals surface area (Å²) in [6.45, 7) is 4.55. The van der Waals surface area contributed by atoms with Crippen LogP contribution in [0.25, 0.3) is 0 Å². The number of aliphatic hydroxyl groups excluding tert-OH is 1. The fourth-order valence-corrected chi connectivity index (χ4v) is 3.67. The van der Waals surface area contributed by atoms with E-state index >= 15 is 0 Å². The number of thioether (sulfide) groups is 1. The summed E-state index contributed by atoms with van der Waals surface area (Å²) in [4.78, 5) is 1.24. The fourth-order valence-electron chi connectivity index (χ4n) is 2.38. The molecule has 2 aromatic carbocycles. The maximum absolute atomic E-state index is 10.5. The molecule has 0 fully saturated rings. The van der Waals surface area contributed by atoms with Gasteiger partial charge in [-0.2, -0.15) is 0 Å². The zero-order valence-electron chi connectivity index (χ0n) is 12.7. The second kappa shape index (κ2) is 7.64. The van der Waals surface area contributed by atoms with Gasteiger partial charge in [0.2, 0.25) is 0 Å². The molecule has 2 atom stereocenters. The smallest absolute Gasteiger partial charge is 0.0936 e. The molecule has 2 rings (SSSR count). The van der Waals surface area contributed by atoms with Gasteiger partial charge in [-0.15, -0.1) is 11.8 Å². The maximum atomic E-state index is 10.5. The minimum absolute atomic E-state index is 0.0362. The monoisotopic (exact) mass is 302 g/mol. The molecule has 0 radical (unpaired) electrons. The normalized spacial score (nSPS) is 13.9. The minimum Gasteiger partial charge on any atom is -0.389 e. The number of rotatable bonds is 6. The topological polar surface area (TPSA) is 29.5 Å². The van der Waals surface area contributed by atoms with Crippen LogP contribution in [-0.2, 0) is 4.74 Å². The van der Waals surface area contributed by atoms with E-state index in [0.717, 1.165) is 5.56 Å². The van der Waals surface area contributed by atoms with Crippen LogP contribution in [0.1, 0.15) is 21.9 Å². The van der Waals surface area contributed by atoms with Crippen LogP contribution in [0.4, 0.5) is 0 Å². The molecule has 1 N–H and O–H groups in total. The van der Waals surface area contributed by atoms with Crippen LogP contribution in [0.3, 0.4) is 0 Å². The van der Waals surface area contributed by atoms with Gasteiger partial charge >= 0.3 is 0 Å². The molecule has 3 heteroatoms. The number of hydrogen-bond acceptors (Lipinski definition) is 3. The van der Waals surface area contributed by atoms with Crippen LogP contribution in [0, 0.1) is 13.8 Å². The van der Waals surface area contributed by atoms with E-state index in [1.165, 1.54) is 16.0 Å². The van der Waals surface area contributed by atoms with Crippen molar-refractivity contribution in [2.75, 3.05) is 13.7 Å². The molecule has 0 unspecified atom stereocenters. The second-order valence-electron chi connectivity index (χ2n) is 5.19. The lowest BCUT2D eigenvalue weighted by Gasteiger charge is -2.24. The van der Waals surface area contributed by atoms with Crippen molar-refractivity contribution < 1.29 is 9.84 Å². The van der Waals surface area contributed by atoms with Crippen LogP contribution in [0.5, 0.6) is 0 Å². The Balaban J connectivity index is 2.32. The van der Waals surface area contributed by atoms with Crippen molar-refractivity contribution >= 4 is 11.8 Å². The van der Waals surface area contributed by atoms with E-state index in [9.17, 15) is 5.11 Å². The van der Waals surface area contributed by atoms with E-state index < -0.39 is 6.10 Å². The van der Waals surface area contributed by atoms with E-state index in [1.807, 2.05) is 18.2 Å². The zero-order chi connectivity index (χ0) is 15.2. The average Bonchev–Trinajstić information content (AvgIpc) is 2.48. The van der Waals surface area contributed by atoms with Gasteiger partial charge in [-0.3, -0.25) is 0 Å². The van der Waals surface area contributed by atoms with E-state index in [-0.39, 0.29) is 5.25 Å². The van der Waals surface area contributed by atoms with Crippen molar-refractivity contribution in [3.8, 4) is 0 Å². The van der Waals surface area contributed by atoms with Gasteiger partial charge in [0, 0.05) is 12.0 Å². The highest BCUT2D eigenvalue weighted by Gasteiger charge is 2.23. The molecule has 0 aliphatic carbocycles. The molecule has 2 nitrogen and oxygen atoms in total. The third-order valence-electron chi connectivity index (χ3n) is 3.47. The molecule has 0 saturated heterocycles. The van der Waals surface area contributed by atoms with Gasteiger partial charge in [0.15, 0.2) is 0 Å². The van der Waals surface area contributed by atoms with Gasteiger partial charge < -0.3 is 9.84 Å². The molecular formula is C18H22O2S. The lowest BCUT2D eigenvalue weighted by Crippen LogP contribution is -2.21. The van der Waals surface area contributed by atoms with E-state index in [0.29, 0.717) is 6.61 Å². The summed E-state index contributed by atoms with van der Waals surface area (Å²) in [6, 6.07) is 16.4. The highest BCUT2D eigenvalue weighted by atomic mass is 32.2. The number of aliphatic hydroxyl groups is 1. The van der Waals surface area contributed by atoms with Crippen molar-refractivity contribution in [2.45, 2.75) is 30.1 Å². The van der Waals surface area contributed by atoms with Crippen molar-refractivity contribution in [3.63, 3.8) is 0 Å². The Morgan fingerprint density at radius 2 is 1.62 bits per heavy atom. The van der Waals surface area contributed by atoms with Crippen LogP contribution < -0.4 is 0 Å². The number of benzene rings is 2. The van der Waals surface area contributed by atoms with E-state index in [1.54, 1.807) is 18.9 Å². The fraction of sp³-hybridized carbons (Fsp3) is 0.333. The van der Waals surface area contributed by atoms with Gasteiger partial charge in [0.1, 0.15) is 0 Å². The lowest BCUT2D eigenvalue weighted by molar-refractivity contribution is 0.0631. The summed E-state index contributed by atoms with van der Waals surface area (Å²) in [7, 11) is 1.62. The Kier molecular flexibility index (Phi) is 5.85. The first-order valence-corrected chi connectivity index (χ1v) is 7.96. The van der Waals surface area contributed by atoms with Crippen molar-refractivity contribution in [1.29, 1.82) is 0 Å². The number of hydrogen-bond donors (Lipinski definition) is 1. The van der Waals surface area contributed by atoms with Crippen molar-refractivity contribution in [2.24, 2.45) is 0 Å². The molecule has 2 aromatic rings. The standard InChI is InChI=1S/C18H22O2S/c1-13-8-7-9-14(2)17(13)21-18(16(19)12-20-3)15-10-5-4-6-11-15/h4-11,16,18-19H,12H2,1-3H3/t16-,18+/m0/s1. The SMILES string of the molecule is COC[C@H](O)[C@H](Sc1c(C)cccc1C)c1ccccc1. The number of ether oxygens (including phenoxy) is 1. The minimum atomic E-state index is -0.540. The summed E-state index contributed by atoms with van der Waals surface area (Å²) in [5.74, 6) is 0. The Labute approximate surface area is 131 Å². The van der Waals surface area contributed by atoms with Gasteiger partial charge in [-0.05, 0) is 30.5 Å². The van der Waals surface area contributed by atoms with Crippen LogP contribution in [0.15, 0.2) is 53.4 Å². The van der Waals surface area contributed by atoms with Crippen LogP contribution in [-0.4, -0.2) is 24.9 Å². The predicted octanol–water partition coefficient (Wildman–Crippen LogP) is 4.14. The Hall–Kier alpha value is -1.29.